The Morgan fingerprint density at radius 2 is 1.79 bits per heavy atom. The van der Waals surface area contributed by atoms with Crippen LogP contribution in [0.5, 0.6) is 11.5 Å². The van der Waals surface area contributed by atoms with Crippen molar-refractivity contribution >= 4 is 5.97 Å². The van der Waals surface area contributed by atoms with Crippen molar-refractivity contribution in [3.63, 3.8) is 0 Å². The molecule has 0 radical (unpaired) electrons. The molecule has 1 aromatic carbocycles. The Kier molecular flexibility index (Phi) is 5.67. The van der Waals surface area contributed by atoms with E-state index in [1.807, 2.05) is 39.0 Å². The van der Waals surface area contributed by atoms with Gasteiger partial charge in [0.1, 0.15) is 6.10 Å². The van der Waals surface area contributed by atoms with Crippen LogP contribution in [0.2, 0.25) is 0 Å². The van der Waals surface area contributed by atoms with E-state index in [2.05, 4.69) is 0 Å². The fourth-order valence-electron chi connectivity index (χ4n) is 1.63. The van der Waals surface area contributed by atoms with Gasteiger partial charge in [-0.05, 0) is 31.0 Å². The zero-order valence-corrected chi connectivity index (χ0v) is 12.2. The summed E-state index contributed by atoms with van der Waals surface area (Å²) < 4.78 is 15.8. The van der Waals surface area contributed by atoms with Crippen LogP contribution in [0.3, 0.4) is 0 Å². The second-order valence-corrected chi connectivity index (χ2v) is 4.50. The lowest BCUT2D eigenvalue weighted by Gasteiger charge is -2.17. The van der Waals surface area contributed by atoms with Gasteiger partial charge in [-0.15, -0.1) is 0 Å². The Morgan fingerprint density at radius 1 is 1.16 bits per heavy atom. The molecule has 1 aromatic rings. The maximum atomic E-state index is 11.8. The highest BCUT2D eigenvalue weighted by Gasteiger charge is 2.18. The lowest BCUT2D eigenvalue weighted by atomic mass is 10.1. The number of ether oxygens (including phenoxy) is 3. The molecule has 0 aliphatic heterocycles. The maximum absolute atomic E-state index is 11.8. The first-order valence-electron chi connectivity index (χ1n) is 6.45. The standard InChI is InChI=1S/C15H22O4/c1-6-10(2)15(16)19-11(3)12-7-8-13(17-4)14(9-12)18-5/h7-11H,6H2,1-5H3. The lowest BCUT2D eigenvalue weighted by Crippen LogP contribution is -2.16. The fraction of sp³-hybridized carbons (Fsp3) is 0.533. The van der Waals surface area contributed by atoms with E-state index in [9.17, 15) is 4.79 Å². The summed E-state index contributed by atoms with van der Waals surface area (Å²) in [6.07, 6.45) is 0.471. The molecule has 0 aliphatic carbocycles. The fourth-order valence-corrected chi connectivity index (χ4v) is 1.63. The number of carbonyl (C=O) groups excluding carboxylic acids is 1. The van der Waals surface area contributed by atoms with Gasteiger partial charge in [0.25, 0.3) is 0 Å². The Labute approximate surface area is 114 Å². The SMILES string of the molecule is CCC(C)C(=O)OC(C)c1ccc(OC)c(OC)c1. The van der Waals surface area contributed by atoms with Crippen molar-refractivity contribution in [1.29, 1.82) is 0 Å². The van der Waals surface area contributed by atoms with Gasteiger partial charge in [-0.3, -0.25) is 4.79 Å². The van der Waals surface area contributed by atoms with Crippen molar-refractivity contribution in [2.45, 2.75) is 33.3 Å². The van der Waals surface area contributed by atoms with Gasteiger partial charge < -0.3 is 14.2 Å². The first-order chi connectivity index (χ1) is 9.03. The van der Waals surface area contributed by atoms with Crippen LogP contribution >= 0.6 is 0 Å². The van der Waals surface area contributed by atoms with Gasteiger partial charge in [0.05, 0.1) is 20.1 Å². The molecule has 4 nitrogen and oxygen atoms in total. The summed E-state index contributed by atoms with van der Waals surface area (Å²) in [6, 6.07) is 5.51. The van der Waals surface area contributed by atoms with Gasteiger partial charge in [0.15, 0.2) is 11.5 Å². The third kappa shape index (κ3) is 3.88. The molecule has 0 saturated carbocycles. The Bertz CT molecular complexity index is 428. The molecule has 0 heterocycles. The van der Waals surface area contributed by atoms with E-state index in [-0.39, 0.29) is 18.0 Å². The Hall–Kier alpha value is -1.71. The largest absolute Gasteiger partial charge is 0.493 e. The highest BCUT2D eigenvalue weighted by molar-refractivity contribution is 5.72. The summed E-state index contributed by atoms with van der Waals surface area (Å²) in [5.41, 5.74) is 0.884. The Morgan fingerprint density at radius 3 is 2.32 bits per heavy atom. The highest BCUT2D eigenvalue weighted by atomic mass is 16.5. The van der Waals surface area contributed by atoms with Crippen molar-refractivity contribution in [2.75, 3.05) is 14.2 Å². The van der Waals surface area contributed by atoms with Crippen molar-refractivity contribution in [3.05, 3.63) is 23.8 Å². The molecule has 0 saturated heterocycles. The van der Waals surface area contributed by atoms with E-state index in [4.69, 9.17) is 14.2 Å². The number of esters is 1. The Balaban J connectivity index is 2.82. The molecule has 106 valence electrons. The number of hydrogen-bond acceptors (Lipinski definition) is 4. The van der Waals surface area contributed by atoms with Crippen LogP contribution in [-0.4, -0.2) is 20.2 Å². The highest BCUT2D eigenvalue weighted by Crippen LogP contribution is 2.31. The summed E-state index contributed by atoms with van der Waals surface area (Å²) in [6.45, 7) is 5.68. The molecule has 4 heteroatoms. The molecule has 0 aliphatic rings. The molecule has 0 amide bonds. The second-order valence-electron chi connectivity index (χ2n) is 4.50. The van der Waals surface area contributed by atoms with Gasteiger partial charge in [0, 0.05) is 0 Å². The molecular weight excluding hydrogens is 244 g/mol. The predicted molar refractivity (Wildman–Crippen MR) is 73.5 cm³/mol. The number of hydrogen-bond donors (Lipinski definition) is 0. The minimum Gasteiger partial charge on any atom is -0.493 e. The molecule has 2 unspecified atom stereocenters. The summed E-state index contributed by atoms with van der Waals surface area (Å²) in [5, 5.41) is 0. The molecule has 0 N–H and O–H groups in total. The normalized spacial score (nSPS) is 13.5. The van der Waals surface area contributed by atoms with Crippen LogP contribution in [0.25, 0.3) is 0 Å². The molecule has 2 atom stereocenters. The van der Waals surface area contributed by atoms with Crippen LogP contribution in [0.1, 0.15) is 38.9 Å². The summed E-state index contributed by atoms with van der Waals surface area (Å²) in [5.74, 6) is 1.03. The first-order valence-corrected chi connectivity index (χ1v) is 6.45. The van der Waals surface area contributed by atoms with Crippen LogP contribution in [0.15, 0.2) is 18.2 Å². The maximum Gasteiger partial charge on any atom is 0.309 e. The zero-order chi connectivity index (χ0) is 14.4. The monoisotopic (exact) mass is 266 g/mol. The van der Waals surface area contributed by atoms with E-state index in [0.29, 0.717) is 11.5 Å². The number of benzene rings is 1. The van der Waals surface area contributed by atoms with Crippen LogP contribution in [-0.2, 0) is 9.53 Å². The average Bonchev–Trinajstić information content (AvgIpc) is 2.45. The smallest absolute Gasteiger partial charge is 0.309 e. The van der Waals surface area contributed by atoms with Gasteiger partial charge in [-0.1, -0.05) is 19.9 Å². The van der Waals surface area contributed by atoms with Crippen LogP contribution in [0, 0.1) is 5.92 Å². The molecule has 0 aromatic heterocycles. The van der Waals surface area contributed by atoms with Gasteiger partial charge >= 0.3 is 5.97 Å². The summed E-state index contributed by atoms with van der Waals surface area (Å²) in [4.78, 5) is 11.8. The third-order valence-corrected chi connectivity index (χ3v) is 3.18. The average molecular weight is 266 g/mol. The van der Waals surface area contributed by atoms with E-state index in [1.54, 1.807) is 14.2 Å². The minimum atomic E-state index is -0.304. The second kappa shape index (κ2) is 7.02. The zero-order valence-electron chi connectivity index (χ0n) is 12.2. The summed E-state index contributed by atoms with van der Waals surface area (Å²) in [7, 11) is 3.17. The van der Waals surface area contributed by atoms with E-state index >= 15 is 0 Å². The molecule has 19 heavy (non-hydrogen) atoms. The lowest BCUT2D eigenvalue weighted by molar-refractivity contribution is -0.153. The summed E-state index contributed by atoms with van der Waals surface area (Å²) >= 11 is 0. The quantitative estimate of drug-likeness (QED) is 0.741. The van der Waals surface area contributed by atoms with Crippen molar-refractivity contribution < 1.29 is 19.0 Å². The van der Waals surface area contributed by atoms with Crippen LogP contribution in [0.4, 0.5) is 0 Å². The van der Waals surface area contributed by atoms with Gasteiger partial charge in [-0.2, -0.15) is 0 Å². The molecule has 0 spiro atoms. The molecule has 1 rings (SSSR count). The predicted octanol–water partition coefficient (Wildman–Crippen LogP) is 3.35. The molecule has 0 bridgehead atoms. The first kappa shape index (κ1) is 15.3. The number of carbonyl (C=O) groups is 1. The number of methoxy groups -OCH3 is 2. The molecular formula is C15H22O4. The number of rotatable bonds is 6. The van der Waals surface area contributed by atoms with Crippen molar-refractivity contribution in [1.82, 2.24) is 0 Å². The van der Waals surface area contributed by atoms with E-state index in [1.165, 1.54) is 0 Å². The van der Waals surface area contributed by atoms with Crippen molar-refractivity contribution in [3.8, 4) is 11.5 Å². The van der Waals surface area contributed by atoms with Crippen LogP contribution < -0.4 is 9.47 Å². The molecule has 0 fully saturated rings. The van der Waals surface area contributed by atoms with Crippen molar-refractivity contribution in [2.24, 2.45) is 5.92 Å². The third-order valence-electron chi connectivity index (χ3n) is 3.18. The topological polar surface area (TPSA) is 44.8 Å². The van der Waals surface area contributed by atoms with E-state index < -0.39 is 0 Å². The van der Waals surface area contributed by atoms with Gasteiger partial charge in [0.2, 0.25) is 0 Å². The van der Waals surface area contributed by atoms with E-state index in [0.717, 1.165) is 12.0 Å². The minimum absolute atomic E-state index is 0.0809. The van der Waals surface area contributed by atoms with Gasteiger partial charge in [-0.25, -0.2) is 0 Å².